The van der Waals surface area contributed by atoms with Gasteiger partial charge < -0.3 is 24.4 Å². The number of carbonyl (C=O) groups is 2. The van der Waals surface area contributed by atoms with Gasteiger partial charge in [0, 0.05) is 6.08 Å². The fourth-order valence-electron chi connectivity index (χ4n) is 3.21. The molecule has 0 bridgehead atoms. The summed E-state index contributed by atoms with van der Waals surface area (Å²) in [5.41, 5.74) is -0.467. The van der Waals surface area contributed by atoms with E-state index in [2.05, 4.69) is 0 Å². The lowest BCUT2D eigenvalue weighted by Crippen LogP contribution is -2.55. The number of aliphatic hydroxyl groups excluding tert-OH is 1. The third kappa shape index (κ3) is 6.66. The van der Waals surface area contributed by atoms with Crippen LogP contribution in [0, 0.1) is 5.41 Å². The first kappa shape index (κ1) is 25.0. The average molecular weight is 465 g/mol. The third-order valence-corrected chi connectivity index (χ3v) is 5.24. The predicted octanol–water partition coefficient (Wildman–Crippen LogP) is 4.74. The quantitative estimate of drug-likeness (QED) is 0.201. The van der Waals surface area contributed by atoms with Gasteiger partial charge in [-0.25, -0.2) is 0 Å². The Kier molecular flexibility index (Phi) is 7.71. The molecule has 7 nitrogen and oxygen atoms in total. The molecule has 0 radical (unpaired) electrons. The second kappa shape index (κ2) is 10.5. The van der Waals surface area contributed by atoms with Crippen molar-refractivity contribution in [1.82, 2.24) is 0 Å². The normalized spacial score (nSPS) is 22.7. The second-order valence-corrected chi connectivity index (χ2v) is 8.60. The highest BCUT2D eigenvalue weighted by atomic mass is 16.7. The molecular formula is C27H28O7. The van der Waals surface area contributed by atoms with Crippen LogP contribution >= 0.6 is 0 Å². The van der Waals surface area contributed by atoms with Gasteiger partial charge in [0.25, 0.3) is 0 Å². The van der Waals surface area contributed by atoms with Crippen LogP contribution in [0.4, 0.5) is 0 Å². The number of hydrogen-bond acceptors (Lipinski definition) is 7. The van der Waals surface area contributed by atoms with E-state index in [1.54, 1.807) is 63.2 Å². The lowest BCUT2D eigenvalue weighted by atomic mass is 9.83. The van der Waals surface area contributed by atoms with Crippen LogP contribution in [0.3, 0.4) is 0 Å². The van der Waals surface area contributed by atoms with Gasteiger partial charge in [0.15, 0.2) is 11.6 Å². The van der Waals surface area contributed by atoms with Gasteiger partial charge in [-0.15, -0.1) is 0 Å². The van der Waals surface area contributed by atoms with E-state index in [4.69, 9.17) is 14.2 Å². The topological polar surface area (TPSA) is 102 Å². The monoisotopic (exact) mass is 464 g/mol. The van der Waals surface area contributed by atoms with E-state index in [1.165, 1.54) is 30.4 Å². The summed E-state index contributed by atoms with van der Waals surface area (Å²) in [5.74, 6) is -1.70. The van der Waals surface area contributed by atoms with Crippen molar-refractivity contribution < 1.29 is 34.0 Å². The molecule has 1 heterocycles. The number of phenols is 1. The Bertz CT molecular complexity index is 1100. The highest BCUT2D eigenvalue weighted by Crippen LogP contribution is 2.37. The maximum atomic E-state index is 13.0. The summed E-state index contributed by atoms with van der Waals surface area (Å²) in [6.45, 7) is 5.15. The molecule has 1 aliphatic heterocycles. The summed E-state index contributed by atoms with van der Waals surface area (Å²) in [5, 5.41) is 19.6. The van der Waals surface area contributed by atoms with Gasteiger partial charge in [0.2, 0.25) is 0 Å². The summed E-state index contributed by atoms with van der Waals surface area (Å²) in [6.07, 6.45) is 5.95. The van der Waals surface area contributed by atoms with E-state index in [0.29, 0.717) is 5.75 Å². The number of ketones is 1. The average Bonchev–Trinajstić information content (AvgIpc) is 2.80. The molecular weight excluding hydrogens is 436 g/mol. The highest BCUT2D eigenvalue weighted by Gasteiger charge is 2.50. The van der Waals surface area contributed by atoms with Crippen molar-refractivity contribution in [3.8, 4) is 11.5 Å². The van der Waals surface area contributed by atoms with Crippen LogP contribution in [0.25, 0.3) is 6.08 Å². The van der Waals surface area contributed by atoms with Gasteiger partial charge >= 0.3 is 5.97 Å². The van der Waals surface area contributed by atoms with E-state index in [-0.39, 0.29) is 18.1 Å². The molecule has 2 N–H and O–H groups in total. The number of rotatable bonds is 7. The largest absolute Gasteiger partial charge is 0.508 e. The Hall–Kier alpha value is -3.68. The molecule has 0 aromatic heterocycles. The van der Waals surface area contributed by atoms with Crippen LogP contribution < -0.4 is 4.74 Å². The zero-order chi connectivity index (χ0) is 24.8. The number of esters is 1. The van der Waals surface area contributed by atoms with E-state index < -0.39 is 29.1 Å². The lowest BCUT2D eigenvalue weighted by molar-refractivity contribution is -0.300. The van der Waals surface area contributed by atoms with E-state index in [1.807, 2.05) is 6.07 Å². The fourth-order valence-corrected chi connectivity index (χ4v) is 3.21. The molecule has 0 amide bonds. The Morgan fingerprint density at radius 1 is 1.03 bits per heavy atom. The van der Waals surface area contributed by atoms with Gasteiger partial charge in [0.05, 0.1) is 12.7 Å². The van der Waals surface area contributed by atoms with E-state index >= 15 is 0 Å². The first-order valence-corrected chi connectivity index (χ1v) is 10.8. The molecule has 1 aliphatic rings. The number of phenolic OH excluding ortho intramolecular Hbond substituents is 1. The molecule has 178 valence electrons. The van der Waals surface area contributed by atoms with Gasteiger partial charge in [-0.2, -0.15) is 0 Å². The minimum Gasteiger partial charge on any atom is -0.508 e. The second-order valence-electron chi connectivity index (χ2n) is 8.60. The highest BCUT2D eigenvalue weighted by molar-refractivity contribution is 6.02. The van der Waals surface area contributed by atoms with Crippen molar-refractivity contribution in [1.29, 1.82) is 0 Å². The molecule has 3 rings (SSSR count). The van der Waals surface area contributed by atoms with Crippen LogP contribution in [0.5, 0.6) is 11.5 Å². The summed E-state index contributed by atoms with van der Waals surface area (Å²) in [7, 11) is 0. The van der Waals surface area contributed by atoms with Crippen molar-refractivity contribution in [2.45, 2.75) is 32.7 Å². The number of aromatic hydroxyl groups is 1. The molecule has 1 fully saturated rings. The van der Waals surface area contributed by atoms with Gasteiger partial charge in [0.1, 0.15) is 22.7 Å². The zero-order valence-corrected chi connectivity index (χ0v) is 19.3. The Balaban J connectivity index is 1.73. The van der Waals surface area contributed by atoms with Crippen molar-refractivity contribution in [2.24, 2.45) is 5.41 Å². The minimum absolute atomic E-state index is 0.0411. The van der Waals surface area contributed by atoms with Gasteiger partial charge in [-0.1, -0.05) is 42.5 Å². The molecule has 34 heavy (non-hydrogen) atoms. The van der Waals surface area contributed by atoms with Crippen molar-refractivity contribution in [3.63, 3.8) is 0 Å². The summed E-state index contributed by atoms with van der Waals surface area (Å²) in [6, 6.07) is 15.0. The zero-order valence-electron chi connectivity index (χ0n) is 19.3. The van der Waals surface area contributed by atoms with Crippen LogP contribution in [0.15, 0.2) is 84.7 Å². The standard InChI is InChI=1S/C27H28O7/c1-26(2)32-18-27(3,25(31)33-23-7-5-4-6-8-23)24(34-26)16-15-22(30)17-21(29)14-11-19-9-12-20(28)13-10-19/h4-17,24,28,30H,18H2,1-3H3/b14-11+,16-15+,22-17-. The third-order valence-electron chi connectivity index (χ3n) is 5.24. The number of ether oxygens (including phenoxy) is 3. The molecule has 1 saturated heterocycles. The molecule has 0 aliphatic carbocycles. The van der Waals surface area contributed by atoms with Gasteiger partial charge in [-0.05, 0) is 62.8 Å². The molecule has 0 spiro atoms. The lowest BCUT2D eigenvalue weighted by Gasteiger charge is -2.44. The van der Waals surface area contributed by atoms with Gasteiger partial charge in [-0.3, -0.25) is 9.59 Å². The first-order valence-electron chi connectivity index (χ1n) is 10.8. The fraction of sp³-hybridized carbons (Fsp3) is 0.259. The van der Waals surface area contributed by atoms with Crippen LogP contribution in [-0.2, 0) is 19.1 Å². The smallest absolute Gasteiger partial charge is 0.322 e. The van der Waals surface area contributed by atoms with Crippen molar-refractivity contribution >= 4 is 17.8 Å². The number of carbonyl (C=O) groups excluding carboxylic acids is 2. The molecule has 2 unspecified atom stereocenters. The molecule has 2 aromatic carbocycles. The Morgan fingerprint density at radius 2 is 1.71 bits per heavy atom. The van der Waals surface area contributed by atoms with E-state index in [9.17, 15) is 19.8 Å². The minimum atomic E-state index is -1.19. The Labute approximate surface area is 198 Å². The number of allylic oxidation sites excluding steroid dienone is 3. The van der Waals surface area contributed by atoms with E-state index in [0.717, 1.165) is 11.6 Å². The summed E-state index contributed by atoms with van der Waals surface area (Å²) in [4.78, 5) is 25.2. The van der Waals surface area contributed by atoms with Crippen LogP contribution in [0.2, 0.25) is 0 Å². The number of hydrogen-bond donors (Lipinski definition) is 2. The molecule has 0 saturated carbocycles. The predicted molar refractivity (Wildman–Crippen MR) is 127 cm³/mol. The van der Waals surface area contributed by atoms with Crippen LogP contribution in [-0.4, -0.2) is 40.5 Å². The number of aliphatic hydroxyl groups is 1. The summed E-state index contributed by atoms with van der Waals surface area (Å²) >= 11 is 0. The maximum absolute atomic E-state index is 13.0. The number of benzene rings is 2. The van der Waals surface area contributed by atoms with Crippen molar-refractivity contribution in [3.05, 3.63) is 90.2 Å². The summed E-state index contributed by atoms with van der Waals surface area (Å²) < 4.78 is 17.2. The Morgan fingerprint density at radius 3 is 2.38 bits per heavy atom. The molecule has 2 atom stereocenters. The van der Waals surface area contributed by atoms with Crippen LogP contribution in [0.1, 0.15) is 26.3 Å². The SMILES string of the molecule is CC1(C)OCC(C)(C(=O)Oc2ccccc2)C(/C=C/C(O)=C/C(=O)/C=C/c2ccc(O)cc2)O1. The molecule has 7 heteroatoms. The molecule has 2 aromatic rings. The first-order chi connectivity index (χ1) is 16.1. The van der Waals surface area contributed by atoms with Crippen molar-refractivity contribution in [2.75, 3.05) is 6.61 Å². The maximum Gasteiger partial charge on any atom is 0.322 e. The number of para-hydroxylation sites is 1.